The zero-order chi connectivity index (χ0) is 9.19. The normalized spacial score (nSPS) is 28.3. The van der Waals surface area contributed by atoms with Crippen molar-refractivity contribution in [1.29, 1.82) is 0 Å². The molecule has 0 radical (unpaired) electrons. The highest BCUT2D eigenvalue weighted by Gasteiger charge is 2.44. The molecule has 0 aliphatic carbocycles. The Bertz CT molecular complexity index is 217. The van der Waals surface area contributed by atoms with Crippen molar-refractivity contribution in [2.45, 2.75) is 18.4 Å². The molecule has 1 atom stereocenters. The molecule has 1 rings (SSSR count). The zero-order valence-electron chi connectivity index (χ0n) is 6.92. The molecule has 0 aromatic rings. The molecule has 1 fully saturated rings. The predicted molar refractivity (Wildman–Crippen MR) is 41.2 cm³/mol. The molecular formula is C7H12N2O3. The molecule has 12 heavy (non-hydrogen) atoms. The van der Waals surface area contributed by atoms with Gasteiger partial charge in [0, 0.05) is 13.0 Å². The Morgan fingerprint density at radius 3 is 2.83 bits per heavy atom. The fraction of sp³-hybridized carbons (Fsp3) is 0.714. The highest BCUT2D eigenvalue weighted by molar-refractivity contribution is 5.91. The summed E-state index contributed by atoms with van der Waals surface area (Å²) in [4.78, 5) is 22.1. The van der Waals surface area contributed by atoms with Crippen LogP contribution < -0.4 is 11.1 Å². The van der Waals surface area contributed by atoms with Gasteiger partial charge in [0.15, 0.2) is 5.54 Å². The Kier molecular flexibility index (Phi) is 2.32. The van der Waals surface area contributed by atoms with Gasteiger partial charge in [0.1, 0.15) is 0 Å². The minimum absolute atomic E-state index is 0.0887. The number of hydrogen-bond donors (Lipinski definition) is 2. The summed E-state index contributed by atoms with van der Waals surface area (Å²) in [6.45, 7) is 0.0887. The molecule has 1 aliphatic heterocycles. The number of hydrogen-bond acceptors (Lipinski definition) is 4. The summed E-state index contributed by atoms with van der Waals surface area (Å²) in [6, 6.07) is 0. The van der Waals surface area contributed by atoms with E-state index in [2.05, 4.69) is 10.1 Å². The van der Waals surface area contributed by atoms with Crippen molar-refractivity contribution in [3.8, 4) is 0 Å². The van der Waals surface area contributed by atoms with E-state index in [0.29, 0.717) is 12.8 Å². The Balaban J connectivity index is 2.77. The third kappa shape index (κ3) is 1.27. The van der Waals surface area contributed by atoms with E-state index in [-0.39, 0.29) is 12.5 Å². The summed E-state index contributed by atoms with van der Waals surface area (Å²) >= 11 is 0. The molecule has 1 aliphatic rings. The first-order valence-corrected chi connectivity index (χ1v) is 3.74. The lowest BCUT2D eigenvalue weighted by Gasteiger charge is -2.23. The number of nitrogens with two attached hydrogens (primary N) is 1. The maximum atomic E-state index is 11.2. The van der Waals surface area contributed by atoms with E-state index in [1.165, 1.54) is 7.11 Å². The fourth-order valence-corrected chi connectivity index (χ4v) is 1.30. The summed E-state index contributed by atoms with van der Waals surface area (Å²) in [5.41, 5.74) is 4.43. The van der Waals surface area contributed by atoms with Gasteiger partial charge in [0.25, 0.3) is 0 Å². The third-order valence-corrected chi connectivity index (χ3v) is 2.08. The first-order chi connectivity index (χ1) is 5.64. The summed E-state index contributed by atoms with van der Waals surface area (Å²) in [6.07, 6.45) is 0.765. The van der Waals surface area contributed by atoms with Crippen LogP contribution in [-0.4, -0.2) is 31.1 Å². The summed E-state index contributed by atoms with van der Waals surface area (Å²) in [5, 5.41) is 2.53. The molecule has 1 saturated heterocycles. The number of carbonyl (C=O) groups excluding carboxylic acids is 2. The Morgan fingerprint density at radius 1 is 1.83 bits per heavy atom. The summed E-state index contributed by atoms with van der Waals surface area (Å²) in [5.74, 6) is -0.610. The lowest BCUT2D eigenvalue weighted by Crippen LogP contribution is -2.54. The average molecular weight is 172 g/mol. The van der Waals surface area contributed by atoms with Crippen LogP contribution in [0.2, 0.25) is 0 Å². The van der Waals surface area contributed by atoms with Crippen LogP contribution in [0.4, 0.5) is 0 Å². The highest BCUT2D eigenvalue weighted by atomic mass is 16.5. The lowest BCUT2D eigenvalue weighted by molar-refractivity contribution is -0.148. The van der Waals surface area contributed by atoms with Crippen LogP contribution in [0, 0.1) is 0 Å². The molecule has 68 valence electrons. The van der Waals surface area contributed by atoms with Gasteiger partial charge in [-0.2, -0.15) is 0 Å². The van der Waals surface area contributed by atoms with E-state index in [0.717, 1.165) is 0 Å². The second-order valence-corrected chi connectivity index (χ2v) is 2.83. The van der Waals surface area contributed by atoms with Crippen LogP contribution in [-0.2, 0) is 14.3 Å². The molecule has 0 spiro atoms. The van der Waals surface area contributed by atoms with Gasteiger partial charge < -0.3 is 15.8 Å². The van der Waals surface area contributed by atoms with Crippen molar-refractivity contribution in [2.24, 2.45) is 5.73 Å². The Hall–Kier alpha value is -1.10. The van der Waals surface area contributed by atoms with E-state index in [1.54, 1.807) is 0 Å². The van der Waals surface area contributed by atoms with Crippen LogP contribution in [0.25, 0.3) is 0 Å². The number of methoxy groups -OCH3 is 1. The van der Waals surface area contributed by atoms with Gasteiger partial charge in [-0.15, -0.1) is 0 Å². The van der Waals surface area contributed by atoms with Crippen LogP contribution in [0.15, 0.2) is 0 Å². The predicted octanol–water partition coefficient (Wildman–Crippen LogP) is -1.23. The van der Waals surface area contributed by atoms with Gasteiger partial charge in [-0.1, -0.05) is 0 Å². The SMILES string of the molecule is COC(=O)[C@@]1(CN)CCC(=O)N1. The van der Waals surface area contributed by atoms with Gasteiger partial charge in [0.05, 0.1) is 7.11 Å². The van der Waals surface area contributed by atoms with E-state index < -0.39 is 11.5 Å². The molecule has 0 aromatic carbocycles. The largest absolute Gasteiger partial charge is 0.467 e. The first kappa shape index (κ1) is 8.99. The average Bonchev–Trinajstić information content (AvgIpc) is 2.47. The van der Waals surface area contributed by atoms with Crippen LogP contribution in [0.5, 0.6) is 0 Å². The molecule has 5 nitrogen and oxygen atoms in total. The van der Waals surface area contributed by atoms with Gasteiger partial charge in [-0.3, -0.25) is 4.79 Å². The molecular weight excluding hydrogens is 160 g/mol. The van der Waals surface area contributed by atoms with Gasteiger partial charge in [-0.05, 0) is 6.42 Å². The summed E-state index contributed by atoms with van der Waals surface area (Å²) in [7, 11) is 1.28. The number of amides is 1. The maximum absolute atomic E-state index is 11.2. The fourth-order valence-electron chi connectivity index (χ4n) is 1.30. The number of rotatable bonds is 2. The Morgan fingerprint density at radius 2 is 2.50 bits per heavy atom. The standard InChI is InChI=1S/C7H12N2O3/c1-12-6(11)7(4-8)3-2-5(10)9-7/h2-4,8H2,1H3,(H,9,10)/t7-/m0/s1. The van der Waals surface area contributed by atoms with Crippen LogP contribution >= 0.6 is 0 Å². The zero-order valence-corrected chi connectivity index (χ0v) is 6.92. The minimum atomic E-state index is -0.966. The minimum Gasteiger partial charge on any atom is -0.467 e. The number of esters is 1. The van der Waals surface area contributed by atoms with Crippen molar-refractivity contribution >= 4 is 11.9 Å². The van der Waals surface area contributed by atoms with Crippen molar-refractivity contribution in [1.82, 2.24) is 5.32 Å². The van der Waals surface area contributed by atoms with Crippen LogP contribution in [0.1, 0.15) is 12.8 Å². The van der Waals surface area contributed by atoms with Crippen LogP contribution in [0.3, 0.4) is 0 Å². The van der Waals surface area contributed by atoms with Crippen molar-refractivity contribution in [3.05, 3.63) is 0 Å². The quantitative estimate of drug-likeness (QED) is 0.511. The molecule has 0 saturated carbocycles. The van der Waals surface area contributed by atoms with E-state index in [1.807, 2.05) is 0 Å². The molecule has 0 bridgehead atoms. The van der Waals surface area contributed by atoms with Gasteiger partial charge in [-0.25, -0.2) is 4.79 Å². The third-order valence-electron chi connectivity index (χ3n) is 2.08. The molecule has 0 unspecified atom stereocenters. The maximum Gasteiger partial charge on any atom is 0.332 e. The van der Waals surface area contributed by atoms with E-state index in [9.17, 15) is 9.59 Å². The van der Waals surface area contributed by atoms with Gasteiger partial charge in [0.2, 0.25) is 5.91 Å². The molecule has 3 N–H and O–H groups in total. The molecule has 1 amide bonds. The second kappa shape index (κ2) is 3.10. The van der Waals surface area contributed by atoms with Gasteiger partial charge >= 0.3 is 5.97 Å². The highest BCUT2D eigenvalue weighted by Crippen LogP contribution is 2.20. The van der Waals surface area contributed by atoms with Crippen molar-refractivity contribution < 1.29 is 14.3 Å². The molecule has 5 heteroatoms. The molecule has 1 heterocycles. The monoisotopic (exact) mass is 172 g/mol. The second-order valence-electron chi connectivity index (χ2n) is 2.83. The van der Waals surface area contributed by atoms with E-state index in [4.69, 9.17) is 5.73 Å². The smallest absolute Gasteiger partial charge is 0.332 e. The first-order valence-electron chi connectivity index (χ1n) is 3.74. The van der Waals surface area contributed by atoms with Crippen molar-refractivity contribution in [2.75, 3.05) is 13.7 Å². The number of nitrogens with one attached hydrogen (secondary N) is 1. The summed E-state index contributed by atoms with van der Waals surface area (Å²) < 4.78 is 4.54. The lowest BCUT2D eigenvalue weighted by atomic mass is 9.98. The molecule has 0 aromatic heterocycles. The van der Waals surface area contributed by atoms with E-state index >= 15 is 0 Å². The topological polar surface area (TPSA) is 81.4 Å². The number of ether oxygens (including phenoxy) is 1. The Labute approximate surface area is 70.2 Å². The van der Waals surface area contributed by atoms with Crippen molar-refractivity contribution in [3.63, 3.8) is 0 Å². The number of carbonyl (C=O) groups is 2.